The Hall–Kier alpha value is -2.44. The number of amides is 2. The first-order valence-electron chi connectivity index (χ1n) is 12.7. The summed E-state index contributed by atoms with van der Waals surface area (Å²) in [5.74, 6) is 1.05. The summed E-state index contributed by atoms with van der Waals surface area (Å²) in [4.78, 5) is 28.3. The van der Waals surface area contributed by atoms with Crippen LogP contribution in [0.1, 0.15) is 65.0 Å². The number of carbonyl (C=O) groups excluding carboxylic acids is 2. The van der Waals surface area contributed by atoms with Crippen LogP contribution in [0.15, 0.2) is 36.4 Å². The number of nitrogens with zero attached hydrogens (tertiary/aromatic N) is 1. The molecule has 36 heavy (non-hydrogen) atoms. The third-order valence-corrected chi connectivity index (χ3v) is 6.57. The van der Waals surface area contributed by atoms with Crippen molar-refractivity contribution in [3.05, 3.63) is 57.6 Å². The van der Waals surface area contributed by atoms with Crippen LogP contribution < -0.4 is 14.8 Å². The number of rotatable bonds is 14. The van der Waals surface area contributed by atoms with Crippen molar-refractivity contribution >= 4 is 35.0 Å². The second kappa shape index (κ2) is 15.0. The Bertz CT molecular complexity index is 1020. The molecule has 0 aliphatic carbocycles. The van der Waals surface area contributed by atoms with Gasteiger partial charge < -0.3 is 19.7 Å². The lowest BCUT2D eigenvalue weighted by molar-refractivity contribution is -0.141. The zero-order chi connectivity index (χ0) is 26.7. The molecular formula is C28H38Cl2N2O4. The zero-order valence-corrected chi connectivity index (χ0v) is 23.4. The highest BCUT2D eigenvalue weighted by molar-refractivity contribution is 6.35. The molecule has 0 saturated heterocycles. The lowest BCUT2D eigenvalue weighted by atomic mass is 10.0. The van der Waals surface area contributed by atoms with Gasteiger partial charge in [0.05, 0.1) is 13.2 Å². The average molecular weight is 538 g/mol. The molecular weight excluding hydrogens is 499 g/mol. The van der Waals surface area contributed by atoms with Crippen LogP contribution in [0.2, 0.25) is 10.0 Å². The minimum atomic E-state index is -0.613. The number of hydrogen-bond acceptors (Lipinski definition) is 4. The van der Waals surface area contributed by atoms with Gasteiger partial charge in [0.25, 0.3) is 0 Å². The standard InChI is InChI=1S/C28H38Cl2N2O4/c1-6-19(5)31-28(34)24(7-2)32(18-21-12-13-22(29)17-23(21)30)27(33)15-11-20-10-14-25(35-8-3)26(16-20)36-9-4/h10,12-14,16-17,19,24H,6-9,11,15,18H2,1-5H3,(H,31,34)/t19-,24-/m0/s1. The van der Waals surface area contributed by atoms with Gasteiger partial charge in [-0.1, -0.05) is 49.2 Å². The summed E-state index contributed by atoms with van der Waals surface area (Å²) in [7, 11) is 0. The highest BCUT2D eigenvalue weighted by Gasteiger charge is 2.29. The third-order valence-electron chi connectivity index (χ3n) is 5.98. The molecule has 1 N–H and O–H groups in total. The van der Waals surface area contributed by atoms with Crippen LogP contribution in [0.4, 0.5) is 0 Å². The molecule has 2 aromatic carbocycles. The Balaban J connectivity index is 2.27. The lowest BCUT2D eigenvalue weighted by Crippen LogP contribution is -2.50. The molecule has 0 radical (unpaired) electrons. The van der Waals surface area contributed by atoms with Crippen LogP contribution in [0, 0.1) is 0 Å². The second-order valence-corrected chi connectivity index (χ2v) is 9.49. The first-order chi connectivity index (χ1) is 17.2. The van der Waals surface area contributed by atoms with Crippen molar-refractivity contribution in [2.75, 3.05) is 13.2 Å². The predicted octanol–water partition coefficient (Wildman–Crippen LogP) is 6.45. The van der Waals surface area contributed by atoms with Gasteiger partial charge in [0.1, 0.15) is 6.04 Å². The SMILES string of the molecule is CCOc1ccc(CCC(=O)N(Cc2ccc(Cl)cc2Cl)[C@@H](CC)C(=O)N[C@@H](C)CC)cc1OCC. The maximum absolute atomic E-state index is 13.6. The first-order valence-corrected chi connectivity index (χ1v) is 13.4. The fourth-order valence-corrected chi connectivity index (χ4v) is 4.31. The van der Waals surface area contributed by atoms with Crippen LogP contribution in [0.25, 0.3) is 0 Å². The van der Waals surface area contributed by atoms with Gasteiger partial charge >= 0.3 is 0 Å². The van der Waals surface area contributed by atoms with Crippen molar-refractivity contribution in [3.63, 3.8) is 0 Å². The fraction of sp³-hybridized carbons (Fsp3) is 0.500. The summed E-state index contributed by atoms with van der Waals surface area (Å²) in [6.45, 7) is 11.0. The van der Waals surface area contributed by atoms with Crippen LogP contribution >= 0.6 is 23.2 Å². The highest BCUT2D eigenvalue weighted by atomic mass is 35.5. The van der Waals surface area contributed by atoms with E-state index in [2.05, 4.69) is 5.32 Å². The molecule has 2 aromatic rings. The molecule has 0 spiro atoms. The van der Waals surface area contributed by atoms with Crippen molar-refractivity contribution in [1.29, 1.82) is 0 Å². The summed E-state index contributed by atoms with van der Waals surface area (Å²) < 4.78 is 11.4. The molecule has 198 valence electrons. The van der Waals surface area contributed by atoms with E-state index < -0.39 is 6.04 Å². The van der Waals surface area contributed by atoms with Crippen LogP contribution in [0.3, 0.4) is 0 Å². The molecule has 0 aliphatic rings. The van der Waals surface area contributed by atoms with E-state index in [-0.39, 0.29) is 30.8 Å². The van der Waals surface area contributed by atoms with E-state index >= 15 is 0 Å². The third kappa shape index (κ3) is 8.59. The molecule has 0 aromatic heterocycles. The number of nitrogens with one attached hydrogen (secondary N) is 1. The van der Waals surface area contributed by atoms with E-state index in [1.54, 1.807) is 23.1 Å². The van der Waals surface area contributed by atoms with Crippen molar-refractivity contribution in [2.24, 2.45) is 0 Å². The lowest BCUT2D eigenvalue weighted by Gasteiger charge is -2.32. The normalized spacial score (nSPS) is 12.5. The Kier molecular flexibility index (Phi) is 12.4. The fourth-order valence-electron chi connectivity index (χ4n) is 3.84. The maximum atomic E-state index is 13.6. The summed E-state index contributed by atoms with van der Waals surface area (Å²) in [6.07, 6.45) is 2.02. The minimum Gasteiger partial charge on any atom is -0.490 e. The number of benzene rings is 2. The zero-order valence-electron chi connectivity index (χ0n) is 21.9. The highest BCUT2D eigenvalue weighted by Crippen LogP contribution is 2.29. The largest absolute Gasteiger partial charge is 0.490 e. The van der Waals surface area contributed by atoms with Crippen LogP contribution in [-0.2, 0) is 22.6 Å². The molecule has 0 unspecified atom stereocenters. The smallest absolute Gasteiger partial charge is 0.243 e. The van der Waals surface area contributed by atoms with Crippen LogP contribution in [-0.4, -0.2) is 42.0 Å². The van der Waals surface area contributed by atoms with Gasteiger partial charge in [0, 0.05) is 29.1 Å². The van der Waals surface area contributed by atoms with E-state index in [0.717, 1.165) is 17.5 Å². The molecule has 6 nitrogen and oxygen atoms in total. The molecule has 0 saturated carbocycles. The van der Waals surface area contributed by atoms with E-state index in [4.69, 9.17) is 32.7 Å². The molecule has 2 amide bonds. The molecule has 0 bridgehead atoms. The number of ether oxygens (including phenoxy) is 2. The second-order valence-electron chi connectivity index (χ2n) is 8.65. The predicted molar refractivity (Wildman–Crippen MR) is 146 cm³/mol. The number of carbonyl (C=O) groups is 2. The van der Waals surface area contributed by atoms with E-state index in [0.29, 0.717) is 47.6 Å². The Labute approximate surface area is 225 Å². The molecule has 0 heterocycles. The van der Waals surface area contributed by atoms with Gasteiger partial charge in [-0.05, 0) is 75.4 Å². The van der Waals surface area contributed by atoms with Gasteiger partial charge in [-0.2, -0.15) is 0 Å². The van der Waals surface area contributed by atoms with Crippen molar-refractivity contribution in [2.45, 2.75) is 78.9 Å². The summed E-state index contributed by atoms with van der Waals surface area (Å²) in [6, 6.07) is 10.3. The van der Waals surface area contributed by atoms with E-state index in [9.17, 15) is 9.59 Å². The van der Waals surface area contributed by atoms with Gasteiger partial charge in [-0.3, -0.25) is 9.59 Å². The Morgan fingerprint density at radius 2 is 1.64 bits per heavy atom. The van der Waals surface area contributed by atoms with Crippen molar-refractivity contribution in [3.8, 4) is 11.5 Å². The van der Waals surface area contributed by atoms with E-state index in [1.807, 2.05) is 52.8 Å². The van der Waals surface area contributed by atoms with Crippen LogP contribution in [0.5, 0.6) is 11.5 Å². The Morgan fingerprint density at radius 1 is 0.944 bits per heavy atom. The maximum Gasteiger partial charge on any atom is 0.243 e. The number of aryl methyl sites for hydroxylation is 1. The summed E-state index contributed by atoms with van der Waals surface area (Å²) in [5, 5.41) is 4.00. The summed E-state index contributed by atoms with van der Waals surface area (Å²) in [5.41, 5.74) is 1.70. The number of hydrogen-bond donors (Lipinski definition) is 1. The van der Waals surface area contributed by atoms with Gasteiger partial charge in [-0.15, -0.1) is 0 Å². The summed E-state index contributed by atoms with van der Waals surface area (Å²) >= 11 is 12.5. The van der Waals surface area contributed by atoms with Crippen molar-refractivity contribution in [1.82, 2.24) is 10.2 Å². The molecule has 2 rings (SSSR count). The molecule has 0 aliphatic heterocycles. The first kappa shape index (κ1) is 29.8. The molecule has 0 fully saturated rings. The topological polar surface area (TPSA) is 67.9 Å². The van der Waals surface area contributed by atoms with Crippen molar-refractivity contribution < 1.29 is 19.1 Å². The number of halogens is 2. The minimum absolute atomic E-state index is 0.0171. The Morgan fingerprint density at radius 3 is 2.25 bits per heavy atom. The van der Waals surface area contributed by atoms with Gasteiger partial charge in [0.15, 0.2) is 11.5 Å². The monoisotopic (exact) mass is 536 g/mol. The quantitative estimate of drug-likeness (QED) is 0.301. The van der Waals surface area contributed by atoms with Gasteiger partial charge in [0.2, 0.25) is 11.8 Å². The van der Waals surface area contributed by atoms with E-state index in [1.165, 1.54) is 0 Å². The molecule has 2 atom stereocenters. The average Bonchev–Trinajstić information content (AvgIpc) is 2.85. The molecule has 8 heteroatoms. The van der Waals surface area contributed by atoms with Gasteiger partial charge in [-0.25, -0.2) is 0 Å².